The van der Waals surface area contributed by atoms with Crippen molar-refractivity contribution in [1.82, 2.24) is 19.7 Å². The van der Waals surface area contributed by atoms with Crippen LogP contribution in [0.1, 0.15) is 21.5 Å². The number of ether oxygens (including phenoxy) is 2. The molecule has 0 saturated carbocycles. The normalized spacial score (nSPS) is 10.5. The van der Waals surface area contributed by atoms with Crippen LogP contribution in [0.4, 0.5) is 17.5 Å². The van der Waals surface area contributed by atoms with Gasteiger partial charge in [0.05, 0.1) is 14.2 Å². The molecule has 2 aromatic heterocycles. The molecular formula is C26H27N7O4. The van der Waals surface area contributed by atoms with Crippen LogP contribution in [-0.4, -0.2) is 40.4 Å². The van der Waals surface area contributed by atoms with Crippen LogP contribution in [0, 0.1) is 0 Å². The Morgan fingerprint density at radius 1 is 1.05 bits per heavy atom. The minimum Gasteiger partial charge on any atom is -0.497 e. The number of aromatic nitrogens is 3. The minimum absolute atomic E-state index is 0.142. The van der Waals surface area contributed by atoms with Crippen LogP contribution >= 0.6 is 0 Å². The van der Waals surface area contributed by atoms with Crippen LogP contribution in [0.5, 0.6) is 11.5 Å². The Kier molecular flexibility index (Phi) is 7.53. The molecule has 37 heavy (non-hydrogen) atoms. The van der Waals surface area contributed by atoms with Gasteiger partial charge in [0, 0.05) is 49.4 Å². The molecule has 0 aliphatic rings. The number of rotatable bonds is 11. The molecule has 0 unspecified atom stereocenters. The maximum absolute atomic E-state index is 12.4. The van der Waals surface area contributed by atoms with Gasteiger partial charge in [-0.15, -0.1) is 0 Å². The quantitative estimate of drug-likeness (QED) is 0.230. The first-order chi connectivity index (χ1) is 17.9. The van der Waals surface area contributed by atoms with Gasteiger partial charge in [-0.3, -0.25) is 14.0 Å². The van der Waals surface area contributed by atoms with Gasteiger partial charge in [0.15, 0.2) is 11.5 Å². The predicted molar refractivity (Wildman–Crippen MR) is 140 cm³/mol. The number of hydrogen-bond acceptors (Lipinski definition) is 8. The van der Waals surface area contributed by atoms with Crippen molar-refractivity contribution in [2.24, 2.45) is 5.73 Å². The molecule has 2 amide bonds. The Labute approximate surface area is 213 Å². The third kappa shape index (κ3) is 5.78. The number of nitrogens with one attached hydrogen (secondary N) is 3. The van der Waals surface area contributed by atoms with Crippen molar-refractivity contribution >= 4 is 34.9 Å². The van der Waals surface area contributed by atoms with E-state index in [-0.39, 0.29) is 17.3 Å². The Morgan fingerprint density at radius 3 is 2.30 bits per heavy atom. The van der Waals surface area contributed by atoms with Gasteiger partial charge in [-0.05, 0) is 17.2 Å². The van der Waals surface area contributed by atoms with E-state index in [9.17, 15) is 9.59 Å². The Balaban J connectivity index is 1.61. The number of carbonyl (C=O) groups is 2. The third-order valence-corrected chi connectivity index (χ3v) is 5.53. The minimum atomic E-state index is -0.674. The highest BCUT2D eigenvalue weighted by Gasteiger charge is 2.20. The highest BCUT2D eigenvalue weighted by Crippen LogP contribution is 2.30. The molecule has 11 heteroatoms. The predicted octanol–water partition coefficient (Wildman–Crippen LogP) is 3.00. The molecule has 2 aromatic carbocycles. The monoisotopic (exact) mass is 501 g/mol. The van der Waals surface area contributed by atoms with Gasteiger partial charge in [0.2, 0.25) is 11.9 Å². The van der Waals surface area contributed by atoms with E-state index in [1.165, 1.54) is 6.08 Å². The standard InChI is InChI=1S/C26H27N7O4/c1-4-21(34)29-14-16-5-7-17(8-6-16)15-30-26-32-24(22(23(27)35)25-28-9-10-33(25)26)31-18-11-19(36-2)13-20(12-18)37-3/h4-13,31H,1,14-15H2,2-3H3,(H2,27,35)(H,29,34)(H,30,32). The zero-order chi connectivity index (χ0) is 26.4. The van der Waals surface area contributed by atoms with Crippen molar-refractivity contribution in [3.63, 3.8) is 0 Å². The summed E-state index contributed by atoms with van der Waals surface area (Å²) in [5.41, 5.74) is 8.75. The van der Waals surface area contributed by atoms with Crippen molar-refractivity contribution in [1.29, 1.82) is 0 Å². The van der Waals surface area contributed by atoms with Crippen LogP contribution in [0.2, 0.25) is 0 Å². The lowest BCUT2D eigenvalue weighted by atomic mass is 10.1. The summed E-state index contributed by atoms with van der Waals surface area (Å²) in [5.74, 6) is 0.920. The van der Waals surface area contributed by atoms with Crippen molar-refractivity contribution in [3.8, 4) is 11.5 Å². The summed E-state index contributed by atoms with van der Waals surface area (Å²) in [6.45, 7) is 4.30. The van der Waals surface area contributed by atoms with Gasteiger partial charge in [0.25, 0.3) is 5.91 Å². The molecule has 11 nitrogen and oxygen atoms in total. The van der Waals surface area contributed by atoms with E-state index in [0.717, 1.165) is 11.1 Å². The molecule has 0 spiro atoms. The summed E-state index contributed by atoms with van der Waals surface area (Å²) in [6, 6.07) is 13.0. The average Bonchev–Trinajstić information content (AvgIpc) is 3.40. The van der Waals surface area contributed by atoms with Crippen LogP contribution in [0.25, 0.3) is 5.65 Å². The molecule has 5 N–H and O–H groups in total. The second-order valence-electron chi connectivity index (χ2n) is 7.96. The Morgan fingerprint density at radius 2 is 1.70 bits per heavy atom. The number of methoxy groups -OCH3 is 2. The molecule has 0 saturated heterocycles. The maximum atomic E-state index is 12.4. The first kappa shape index (κ1) is 25.0. The highest BCUT2D eigenvalue weighted by molar-refractivity contribution is 6.04. The number of primary amides is 1. The third-order valence-electron chi connectivity index (χ3n) is 5.53. The zero-order valence-electron chi connectivity index (χ0n) is 20.4. The molecular weight excluding hydrogens is 474 g/mol. The number of nitrogens with two attached hydrogens (primary N) is 1. The number of benzene rings is 2. The number of hydrogen-bond donors (Lipinski definition) is 4. The zero-order valence-corrected chi connectivity index (χ0v) is 20.4. The fourth-order valence-corrected chi connectivity index (χ4v) is 3.66. The smallest absolute Gasteiger partial charge is 0.256 e. The first-order valence-electron chi connectivity index (χ1n) is 11.3. The second kappa shape index (κ2) is 11.1. The Bertz CT molecular complexity index is 1430. The van der Waals surface area contributed by atoms with Gasteiger partial charge in [-0.1, -0.05) is 30.8 Å². The molecule has 4 rings (SSSR count). The summed E-state index contributed by atoms with van der Waals surface area (Å²) < 4.78 is 12.3. The number of imidazole rings is 1. The van der Waals surface area contributed by atoms with E-state index in [4.69, 9.17) is 15.2 Å². The average molecular weight is 502 g/mol. The largest absolute Gasteiger partial charge is 0.497 e. The fourth-order valence-electron chi connectivity index (χ4n) is 3.66. The van der Waals surface area contributed by atoms with E-state index < -0.39 is 5.91 Å². The number of carbonyl (C=O) groups excluding carboxylic acids is 2. The molecule has 0 bridgehead atoms. The molecule has 0 aliphatic carbocycles. The lowest BCUT2D eigenvalue weighted by Crippen LogP contribution is -2.20. The van der Waals surface area contributed by atoms with Crippen LogP contribution in [0.15, 0.2) is 67.5 Å². The summed E-state index contributed by atoms with van der Waals surface area (Å²) in [4.78, 5) is 32.7. The van der Waals surface area contributed by atoms with Crippen molar-refractivity contribution < 1.29 is 19.1 Å². The molecule has 0 radical (unpaired) electrons. The van der Waals surface area contributed by atoms with Crippen LogP contribution in [-0.2, 0) is 17.9 Å². The summed E-state index contributed by atoms with van der Waals surface area (Å²) in [6.07, 6.45) is 4.50. The number of anilines is 3. The van der Waals surface area contributed by atoms with E-state index in [1.807, 2.05) is 24.3 Å². The lowest BCUT2D eigenvalue weighted by molar-refractivity contribution is -0.116. The second-order valence-corrected chi connectivity index (χ2v) is 7.96. The van der Waals surface area contributed by atoms with E-state index in [1.54, 1.807) is 49.2 Å². The van der Waals surface area contributed by atoms with Gasteiger partial charge in [-0.2, -0.15) is 4.98 Å². The highest BCUT2D eigenvalue weighted by atomic mass is 16.5. The maximum Gasteiger partial charge on any atom is 0.256 e. The molecule has 4 aromatic rings. The van der Waals surface area contributed by atoms with Crippen molar-refractivity contribution in [2.45, 2.75) is 13.1 Å². The summed E-state index contributed by atoms with van der Waals surface area (Å²) >= 11 is 0. The topological polar surface area (TPSA) is 145 Å². The van der Waals surface area contributed by atoms with Crippen LogP contribution in [0.3, 0.4) is 0 Å². The first-order valence-corrected chi connectivity index (χ1v) is 11.3. The molecule has 0 aliphatic heterocycles. The number of amides is 2. The van der Waals surface area contributed by atoms with Gasteiger partial charge >= 0.3 is 0 Å². The van der Waals surface area contributed by atoms with E-state index >= 15 is 0 Å². The van der Waals surface area contributed by atoms with E-state index in [2.05, 4.69) is 32.5 Å². The SMILES string of the molecule is C=CC(=O)NCc1ccc(CNc2nc(Nc3cc(OC)cc(OC)c3)c(C(N)=O)c3nccn23)cc1. The number of nitrogens with zero attached hydrogens (tertiary/aromatic N) is 3. The molecule has 190 valence electrons. The lowest BCUT2D eigenvalue weighted by Gasteiger charge is -2.16. The fraction of sp³-hybridized carbons (Fsp3) is 0.154. The van der Waals surface area contributed by atoms with Gasteiger partial charge in [0.1, 0.15) is 17.1 Å². The van der Waals surface area contributed by atoms with Crippen molar-refractivity contribution in [3.05, 3.63) is 84.2 Å². The molecule has 0 atom stereocenters. The number of fused-ring (bicyclic) bond motifs is 1. The molecule has 0 fully saturated rings. The summed E-state index contributed by atoms with van der Waals surface area (Å²) in [7, 11) is 3.10. The van der Waals surface area contributed by atoms with Gasteiger partial charge in [-0.25, -0.2) is 4.98 Å². The van der Waals surface area contributed by atoms with Crippen LogP contribution < -0.4 is 31.2 Å². The summed E-state index contributed by atoms with van der Waals surface area (Å²) in [5, 5.41) is 9.19. The van der Waals surface area contributed by atoms with E-state index in [0.29, 0.717) is 41.9 Å². The Hall–Kier alpha value is -5.06. The van der Waals surface area contributed by atoms with Crippen molar-refractivity contribution in [2.75, 3.05) is 24.9 Å². The molecule has 2 heterocycles. The van der Waals surface area contributed by atoms with Gasteiger partial charge < -0.3 is 31.2 Å².